The molecule has 0 radical (unpaired) electrons. The second kappa shape index (κ2) is 14.2. The van der Waals surface area contributed by atoms with E-state index in [4.69, 9.17) is 9.73 Å². The lowest BCUT2D eigenvalue weighted by atomic mass is 9.44. The van der Waals surface area contributed by atoms with Gasteiger partial charge in [0.25, 0.3) is 0 Å². The summed E-state index contributed by atoms with van der Waals surface area (Å²) in [6, 6.07) is 0. The first-order valence-electron chi connectivity index (χ1n) is 20.9. The Morgan fingerprint density at radius 2 is 1.70 bits per heavy atom. The number of amidine groups is 1. The van der Waals surface area contributed by atoms with E-state index in [9.17, 15) is 0 Å². The monoisotopic (exact) mass is 705 g/mol. The number of fused-ring (bicyclic) bond motifs is 2. The van der Waals surface area contributed by atoms with Crippen LogP contribution in [0.3, 0.4) is 0 Å². The third-order valence-electron chi connectivity index (χ3n) is 14.1. The van der Waals surface area contributed by atoms with Crippen LogP contribution in [-0.2, 0) is 4.74 Å². The summed E-state index contributed by atoms with van der Waals surface area (Å²) < 4.78 is 7.24. The molecule has 276 valence electrons. The first-order chi connectivity index (χ1) is 25.9. The van der Waals surface area contributed by atoms with Gasteiger partial charge < -0.3 is 9.64 Å². The van der Waals surface area contributed by atoms with Gasteiger partial charge >= 0.3 is 0 Å². The van der Waals surface area contributed by atoms with Crippen molar-refractivity contribution in [2.75, 3.05) is 7.05 Å². The Kier molecular flexibility index (Phi) is 9.35. The van der Waals surface area contributed by atoms with Crippen molar-refractivity contribution in [2.45, 2.75) is 121 Å². The molecule has 2 aliphatic heterocycles. The Morgan fingerprint density at radius 1 is 0.811 bits per heavy atom. The molecule has 0 aromatic heterocycles. The van der Waals surface area contributed by atoms with Crippen LogP contribution in [0.25, 0.3) is 0 Å². The quantitative estimate of drug-likeness (QED) is 0.280. The Balaban J connectivity index is 1.19. The zero-order chi connectivity index (χ0) is 36.0. The number of allylic oxidation sites excluding steroid dienone is 17. The molecule has 0 amide bonds. The summed E-state index contributed by atoms with van der Waals surface area (Å²) in [7, 11) is 2.24. The van der Waals surface area contributed by atoms with E-state index < -0.39 is 0 Å². The lowest BCUT2D eigenvalue weighted by Gasteiger charge is -2.64. The second-order valence-electron chi connectivity index (χ2n) is 17.2. The highest BCUT2D eigenvalue weighted by Crippen LogP contribution is 2.68. The predicted octanol–water partition coefficient (Wildman–Crippen LogP) is 11.0. The van der Waals surface area contributed by atoms with Gasteiger partial charge in [-0.25, -0.2) is 4.99 Å². The van der Waals surface area contributed by atoms with Gasteiger partial charge in [0, 0.05) is 29.9 Å². The minimum atomic E-state index is -0.282. The highest BCUT2D eigenvalue weighted by molar-refractivity contribution is 6.01. The van der Waals surface area contributed by atoms with Crippen molar-refractivity contribution >= 4 is 5.84 Å². The average Bonchev–Trinajstić information content (AvgIpc) is 3.21. The van der Waals surface area contributed by atoms with E-state index in [0.29, 0.717) is 5.92 Å². The van der Waals surface area contributed by atoms with Crippen LogP contribution >= 0.6 is 0 Å². The van der Waals surface area contributed by atoms with Crippen molar-refractivity contribution in [3.8, 4) is 0 Å². The fourth-order valence-corrected chi connectivity index (χ4v) is 11.5. The number of aliphatic imine (C=N–C) groups is 1. The minimum absolute atomic E-state index is 0.0227. The number of ether oxygens (including phenoxy) is 1. The van der Waals surface area contributed by atoms with E-state index in [1.807, 2.05) is 0 Å². The summed E-state index contributed by atoms with van der Waals surface area (Å²) in [5.41, 5.74) is 8.08. The predicted molar refractivity (Wildman–Crippen MR) is 220 cm³/mol. The van der Waals surface area contributed by atoms with Gasteiger partial charge in [-0.1, -0.05) is 122 Å². The van der Waals surface area contributed by atoms with E-state index in [0.717, 1.165) is 63.6 Å². The second-order valence-corrected chi connectivity index (χ2v) is 17.2. The Morgan fingerprint density at radius 3 is 2.53 bits per heavy atom. The summed E-state index contributed by atoms with van der Waals surface area (Å²) in [6.07, 6.45) is 58.2. The summed E-state index contributed by atoms with van der Waals surface area (Å²) in [4.78, 5) is 8.03. The third kappa shape index (κ3) is 5.82. The lowest BCUT2D eigenvalue weighted by Crippen LogP contribution is -2.62. The molecule has 1 saturated heterocycles. The summed E-state index contributed by atoms with van der Waals surface area (Å²) in [5, 5.41) is 4.12. The maximum absolute atomic E-state index is 7.24. The molecular weight excluding hydrogens is 647 g/mol. The van der Waals surface area contributed by atoms with E-state index in [-0.39, 0.29) is 40.8 Å². The van der Waals surface area contributed by atoms with Crippen LogP contribution in [0, 0.1) is 22.7 Å². The van der Waals surface area contributed by atoms with Gasteiger partial charge in [-0.2, -0.15) is 0 Å². The lowest BCUT2D eigenvalue weighted by molar-refractivity contribution is -0.148. The van der Waals surface area contributed by atoms with E-state index in [2.05, 4.69) is 140 Å². The number of hydrogen-bond donors (Lipinski definition) is 1. The Bertz CT molecular complexity index is 1900. The molecule has 4 heteroatoms. The van der Waals surface area contributed by atoms with E-state index in [1.165, 1.54) is 53.5 Å². The van der Waals surface area contributed by atoms with Crippen LogP contribution in [-0.4, -0.2) is 41.8 Å². The number of likely N-dealkylation sites (N-methyl/N-ethyl adjacent to an activating group) is 1. The SMILES string of the molecule is CN1C(C2=CCCC=C2)=NC(C2=C(C3C=C(C4(C5=CCCCC5)C5=CCCCC5(C)OC5C=CC=CC54C)C=CC3)C=CCC2)NC1C1C=CC=CC1. The van der Waals surface area contributed by atoms with Gasteiger partial charge in [-0.3, -0.25) is 5.32 Å². The van der Waals surface area contributed by atoms with Crippen LogP contribution in [0.5, 0.6) is 0 Å². The zero-order valence-electron chi connectivity index (χ0n) is 32.3. The van der Waals surface area contributed by atoms with Gasteiger partial charge in [-0.15, -0.1) is 0 Å². The van der Waals surface area contributed by atoms with Crippen molar-refractivity contribution in [2.24, 2.45) is 27.7 Å². The molecule has 2 heterocycles. The molecule has 8 unspecified atom stereocenters. The third-order valence-corrected chi connectivity index (χ3v) is 14.1. The number of nitrogens with one attached hydrogen (secondary N) is 1. The average molecular weight is 706 g/mol. The molecular formula is C49H59N3O. The largest absolute Gasteiger partial charge is 0.363 e. The van der Waals surface area contributed by atoms with Crippen LogP contribution < -0.4 is 5.32 Å². The molecule has 53 heavy (non-hydrogen) atoms. The molecule has 0 spiro atoms. The maximum atomic E-state index is 7.24. The standard InChI is InChI=1S/C49H59N3O/c1-47-32-17-16-31-43(47)53-48(2)33-18-15-30-42(48)49(47,38-25-11-6-12-26-38)39-27-19-24-37(34-39)40-28-13-14-29-41(40)44-50-45(35-20-7-4-8-21-35)52(3)46(51-44)36-22-9-5-10-23-36/h4,7-9,13,16-17,19-20,22-23,25,27-28,30-32,34-35,37,43-45,50H,5-6,10-12,14-15,18,21,24,26,29,33H2,1-3H3. The van der Waals surface area contributed by atoms with E-state index >= 15 is 0 Å². The molecule has 9 rings (SSSR count). The number of nitrogens with zero attached hydrogens (tertiary/aromatic N) is 2. The maximum Gasteiger partial charge on any atom is 0.133 e. The van der Waals surface area contributed by atoms with Crippen molar-refractivity contribution in [1.82, 2.24) is 10.2 Å². The van der Waals surface area contributed by atoms with Gasteiger partial charge in [0.05, 0.1) is 23.3 Å². The molecule has 0 aromatic rings. The highest BCUT2D eigenvalue weighted by Gasteiger charge is 2.65. The van der Waals surface area contributed by atoms with Crippen molar-refractivity contribution in [3.63, 3.8) is 0 Å². The first-order valence-corrected chi connectivity index (χ1v) is 20.9. The van der Waals surface area contributed by atoms with Crippen molar-refractivity contribution in [1.29, 1.82) is 0 Å². The van der Waals surface area contributed by atoms with Gasteiger partial charge in [0.15, 0.2) is 0 Å². The van der Waals surface area contributed by atoms with E-state index in [1.54, 1.807) is 5.57 Å². The fourth-order valence-electron chi connectivity index (χ4n) is 11.5. The number of hydrogen-bond acceptors (Lipinski definition) is 4. The topological polar surface area (TPSA) is 36.9 Å². The first kappa shape index (κ1) is 35.0. The van der Waals surface area contributed by atoms with Crippen molar-refractivity contribution < 1.29 is 4.74 Å². The molecule has 1 N–H and O–H groups in total. The molecule has 7 aliphatic carbocycles. The summed E-state index contributed by atoms with van der Waals surface area (Å²) in [6.45, 7) is 4.91. The highest BCUT2D eigenvalue weighted by atomic mass is 16.5. The minimum Gasteiger partial charge on any atom is -0.363 e. The van der Waals surface area contributed by atoms with Crippen LogP contribution in [0.15, 0.2) is 148 Å². The van der Waals surface area contributed by atoms with Crippen molar-refractivity contribution in [3.05, 3.63) is 143 Å². The zero-order valence-corrected chi connectivity index (χ0v) is 32.3. The molecule has 8 atom stereocenters. The smallest absolute Gasteiger partial charge is 0.133 e. The van der Waals surface area contributed by atoms with Gasteiger partial charge in [0.1, 0.15) is 12.0 Å². The summed E-state index contributed by atoms with van der Waals surface area (Å²) in [5.74, 6) is 1.81. The Labute approximate surface area is 318 Å². The molecule has 0 bridgehead atoms. The normalized spacial score (nSPS) is 39.2. The number of rotatable bonds is 6. The Hall–Kier alpha value is -3.73. The summed E-state index contributed by atoms with van der Waals surface area (Å²) >= 11 is 0. The van der Waals surface area contributed by atoms with Gasteiger partial charge in [0.2, 0.25) is 0 Å². The molecule has 4 nitrogen and oxygen atoms in total. The molecule has 9 aliphatic rings. The molecule has 0 saturated carbocycles. The van der Waals surface area contributed by atoms with Crippen LogP contribution in [0.4, 0.5) is 0 Å². The van der Waals surface area contributed by atoms with Gasteiger partial charge in [-0.05, 0) is 113 Å². The molecule has 0 aromatic carbocycles. The molecule has 1 fully saturated rings. The fraction of sp³-hybridized carbons (Fsp3) is 0.490. The van der Waals surface area contributed by atoms with Crippen LogP contribution in [0.2, 0.25) is 0 Å². The van der Waals surface area contributed by atoms with Crippen LogP contribution in [0.1, 0.15) is 97.3 Å².